The molecule has 5 heteroatoms. The van der Waals surface area contributed by atoms with Crippen molar-refractivity contribution in [1.29, 1.82) is 0 Å². The molecule has 0 saturated heterocycles. The van der Waals surface area contributed by atoms with Gasteiger partial charge in [0.25, 0.3) is 5.69 Å². The van der Waals surface area contributed by atoms with Crippen LogP contribution in [-0.4, -0.2) is 10.7 Å². The number of nitro groups is 1. The molecular weight excluding hydrogens is 270 g/mol. The first kappa shape index (κ1) is 14.7. The van der Waals surface area contributed by atoms with Gasteiger partial charge in [0, 0.05) is 12.1 Å². The summed E-state index contributed by atoms with van der Waals surface area (Å²) in [7, 11) is 0. The molecule has 2 aromatic rings. The number of hydrogen-bond donors (Lipinski definition) is 0. The number of hydrogen-bond acceptors (Lipinski definition) is 4. The van der Waals surface area contributed by atoms with Crippen LogP contribution in [0.2, 0.25) is 0 Å². The van der Waals surface area contributed by atoms with Crippen molar-refractivity contribution < 1.29 is 14.5 Å². The number of benzene rings is 2. The van der Waals surface area contributed by atoms with Gasteiger partial charge in [0.1, 0.15) is 11.5 Å². The number of nitro benzene ring substituents is 1. The highest BCUT2D eigenvalue weighted by Crippen LogP contribution is 2.30. The number of carbonyl (C=O) groups excluding carboxylic acids is 1. The minimum Gasteiger partial charge on any atom is -0.457 e. The van der Waals surface area contributed by atoms with Crippen LogP contribution in [-0.2, 0) is 0 Å². The molecule has 0 bridgehead atoms. The number of Topliss-reactive ketones (excluding diaryl/α,β-unsaturated/α-hetero) is 1. The summed E-state index contributed by atoms with van der Waals surface area (Å²) < 4.78 is 5.70. The van der Waals surface area contributed by atoms with Crippen LogP contribution in [0, 0.1) is 24.0 Å². The van der Waals surface area contributed by atoms with Crippen molar-refractivity contribution in [3.63, 3.8) is 0 Å². The van der Waals surface area contributed by atoms with E-state index in [2.05, 4.69) is 0 Å². The largest absolute Gasteiger partial charge is 0.457 e. The van der Waals surface area contributed by atoms with Crippen LogP contribution in [0.5, 0.6) is 11.5 Å². The van der Waals surface area contributed by atoms with Crippen LogP contribution in [0.4, 0.5) is 5.69 Å². The number of non-ortho nitro benzene ring substituents is 1. The first-order valence-corrected chi connectivity index (χ1v) is 6.43. The Balaban J connectivity index is 2.41. The van der Waals surface area contributed by atoms with E-state index in [4.69, 9.17) is 4.74 Å². The third-order valence-corrected chi connectivity index (χ3v) is 3.26. The van der Waals surface area contributed by atoms with Gasteiger partial charge in [-0.05, 0) is 50.1 Å². The van der Waals surface area contributed by atoms with Gasteiger partial charge in [-0.25, -0.2) is 0 Å². The summed E-state index contributed by atoms with van der Waals surface area (Å²) in [5, 5.41) is 10.8. The average molecular weight is 285 g/mol. The van der Waals surface area contributed by atoms with E-state index in [1.165, 1.54) is 25.1 Å². The van der Waals surface area contributed by atoms with Crippen LogP contribution in [0.15, 0.2) is 36.4 Å². The van der Waals surface area contributed by atoms with Crippen molar-refractivity contribution in [2.45, 2.75) is 20.8 Å². The molecule has 5 nitrogen and oxygen atoms in total. The molecule has 0 atom stereocenters. The maximum atomic E-state index is 11.6. The minimum atomic E-state index is -0.535. The zero-order valence-electron chi connectivity index (χ0n) is 12.0. The minimum absolute atomic E-state index is 0.132. The normalized spacial score (nSPS) is 10.2. The number of carbonyl (C=O) groups is 1. The lowest BCUT2D eigenvalue weighted by Gasteiger charge is -2.10. The van der Waals surface area contributed by atoms with Crippen LogP contribution < -0.4 is 4.74 Å². The summed E-state index contributed by atoms with van der Waals surface area (Å²) in [5.41, 5.74) is 2.27. The summed E-state index contributed by atoms with van der Waals surface area (Å²) >= 11 is 0. The van der Waals surface area contributed by atoms with E-state index in [9.17, 15) is 14.9 Å². The van der Waals surface area contributed by atoms with Gasteiger partial charge in [-0.2, -0.15) is 0 Å². The zero-order valence-corrected chi connectivity index (χ0v) is 12.0. The van der Waals surface area contributed by atoms with Gasteiger partial charge in [0.05, 0.1) is 10.5 Å². The number of aryl methyl sites for hydroxylation is 2. The van der Waals surface area contributed by atoms with Gasteiger partial charge in [-0.3, -0.25) is 14.9 Å². The Kier molecular flexibility index (Phi) is 4.03. The van der Waals surface area contributed by atoms with Gasteiger partial charge in [-0.15, -0.1) is 0 Å². The summed E-state index contributed by atoms with van der Waals surface area (Å²) in [5.74, 6) is 0.628. The van der Waals surface area contributed by atoms with Gasteiger partial charge in [0.2, 0.25) is 0 Å². The smallest absolute Gasteiger partial charge is 0.270 e. The van der Waals surface area contributed by atoms with Gasteiger partial charge in [0.15, 0.2) is 5.78 Å². The highest BCUT2D eigenvalue weighted by Gasteiger charge is 2.15. The molecule has 0 saturated carbocycles. The van der Waals surface area contributed by atoms with Gasteiger partial charge < -0.3 is 4.74 Å². The third-order valence-electron chi connectivity index (χ3n) is 3.26. The molecular formula is C16H15NO4. The molecule has 2 aromatic carbocycles. The average Bonchev–Trinajstić information content (AvgIpc) is 2.43. The molecule has 21 heavy (non-hydrogen) atoms. The third kappa shape index (κ3) is 3.25. The van der Waals surface area contributed by atoms with E-state index in [0.717, 1.165) is 11.1 Å². The van der Waals surface area contributed by atoms with E-state index in [-0.39, 0.29) is 17.0 Å². The standard InChI is InChI=1S/C16H15NO4/c1-10-4-6-14(8-11(10)2)21-16-7-5-13(17(19)20)9-15(16)12(3)18/h4-9H,1-3H3. The molecule has 2 rings (SSSR count). The topological polar surface area (TPSA) is 69.4 Å². The second kappa shape index (κ2) is 5.75. The molecule has 0 aliphatic carbocycles. The van der Waals surface area contributed by atoms with E-state index < -0.39 is 4.92 Å². The Morgan fingerprint density at radius 3 is 2.38 bits per heavy atom. The van der Waals surface area contributed by atoms with Crippen molar-refractivity contribution >= 4 is 11.5 Å². The molecule has 0 heterocycles. The second-order valence-electron chi connectivity index (χ2n) is 4.84. The summed E-state index contributed by atoms with van der Waals surface area (Å²) in [4.78, 5) is 21.9. The Hall–Kier alpha value is -2.69. The van der Waals surface area contributed by atoms with Crippen LogP contribution >= 0.6 is 0 Å². The molecule has 0 amide bonds. The molecule has 0 N–H and O–H groups in total. The van der Waals surface area contributed by atoms with Crippen molar-refractivity contribution in [2.24, 2.45) is 0 Å². The fourth-order valence-corrected chi connectivity index (χ4v) is 1.90. The zero-order chi connectivity index (χ0) is 15.6. The van der Waals surface area contributed by atoms with E-state index in [1.807, 2.05) is 26.0 Å². The number of nitrogens with zero attached hydrogens (tertiary/aromatic N) is 1. The summed E-state index contributed by atoms with van der Waals surface area (Å²) in [6, 6.07) is 9.59. The molecule has 0 spiro atoms. The predicted molar refractivity (Wildman–Crippen MR) is 79.1 cm³/mol. The highest BCUT2D eigenvalue weighted by molar-refractivity contribution is 5.97. The maximum Gasteiger partial charge on any atom is 0.270 e. The fourth-order valence-electron chi connectivity index (χ4n) is 1.90. The number of rotatable bonds is 4. The van der Waals surface area contributed by atoms with E-state index >= 15 is 0 Å². The Morgan fingerprint density at radius 1 is 1.10 bits per heavy atom. The van der Waals surface area contributed by atoms with Crippen LogP contribution in [0.1, 0.15) is 28.4 Å². The summed E-state index contributed by atoms with van der Waals surface area (Å²) in [6.45, 7) is 5.31. The highest BCUT2D eigenvalue weighted by atomic mass is 16.6. The Bertz CT molecular complexity index is 722. The van der Waals surface area contributed by atoms with Gasteiger partial charge >= 0.3 is 0 Å². The fraction of sp³-hybridized carbons (Fsp3) is 0.188. The van der Waals surface area contributed by atoms with Crippen molar-refractivity contribution in [1.82, 2.24) is 0 Å². The first-order chi connectivity index (χ1) is 9.88. The monoisotopic (exact) mass is 285 g/mol. The molecule has 0 aromatic heterocycles. The maximum absolute atomic E-state index is 11.6. The lowest BCUT2D eigenvalue weighted by molar-refractivity contribution is -0.384. The molecule has 0 radical (unpaired) electrons. The van der Waals surface area contributed by atoms with E-state index in [0.29, 0.717) is 11.5 Å². The number of ether oxygens (including phenoxy) is 1. The quantitative estimate of drug-likeness (QED) is 0.479. The van der Waals surface area contributed by atoms with E-state index in [1.54, 1.807) is 6.07 Å². The second-order valence-corrected chi connectivity index (χ2v) is 4.84. The molecule has 0 unspecified atom stereocenters. The predicted octanol–water partition coefficient (Wildman–Crippen LogP) is 4.21. The summed E-state index contributed by atoms with van der Waals surface area (Å²) in [6.07, 6.45) is 0. The molecule has 0 fully saturated rings. The van der Waals surface area contributed by atoms with Crippen molar-refractivity contribution in [3.8, 4) is 11.5 Å². The van der Waals surface area contributed by atoms with Crippen molar-refractivity contribution in [3.05, 3.63) is 63.2 Å². The Morgan fingerprint density at radius 2 is 1.81 bits per heavy atom. The number of ketones is 1. The lowest BCUT2D eigenvalue weighted by Crippen LogP contribution is -1.99. The molecule has 0 aliphatic heterocycles. The molecule has 0 aliphatic rings. The Labute approximate surface area is 122 Å². The first-order valence-electron chi connectivity index (χ1n) is 6.43. The molecule has 108 valence electrons. The van der Waals surface area contributed by atoms with Crippen LogP contribution in [0.25, 0.3) is 0 Å². The lowest BCUT2D eigenvalue weighted by atomic mass is 10.1. The van der Waals surface area contributed by atoms with Gasteiger partial charge in [-0.1, -0.05) is 6.07 Å². The SMILES string of the molecule is CC(=O)c1cc([N+](=O)[O-])ccc1Oc1ccc(C)c(C)c1. The van der Waals surface area contributed by atoms with Crippen LogP contribution in [0.3, 0.4) is 0 Å². The van der Waals surface area contributed by atoms with Crippen molar-refractivity contribution in [2.75, 3.05) is 0 Å².